The predicted molar refractivity (Wildman–Crippen MR) is 95.4 cm³/mol. The van der Waals surface area contributed by atoms with E-state index in [0.29, 0.717) is 11.8 Å². The highest BCUT2D eigenvalue weighted by atomic mass is 16.6. The molecule has 0 radical (unpaired) electrons. The molecule has 1 aromatic carbocycles. The van der Waals surface area contributed by atoms with Crippen molar-refractivity contribution in [3.63, 3.8) is 0 Å². The van der Waals surface area contributed by atoms with Crippen LogP contribution in [-0.2, 0) is 4.79 Å². The molecule has 3 aliphatic rings. The average molecular weight is 343 g/mol. The van der Waals surface area contributed by atoms with Crippen LogP contribution in [0.1, 0.15) is 32.1 Å². The average Bonchev–Trinajstić information content (AvgIpc) is 3.25. The number of rotatable bonds is 4. The number of nitro benzene ring substituents is 1. The van der Waals surface area contributed by atoms with Crippen molar-refractivity contribution in [3.8, 4) is 0 Å². The van der Waals surface area contributed by atoms with Gasteiger partial charge in [-0.2, -0.15) is 0 Å². The summed E-state index contributed by atoms with van der Waals surface area (Å²) in [7, 11) is 0. The van der Waals surface area contributed by atoms with Gasteiger partial charge in [0.2, 0.25) is 5.91 Å². The van der Waals surface area contributed by atoms with Crippen molar-refractivity contribution < 1.29 is 9.72 Å². The fourth-order valence-corrected chi connectivity index (χ4v) is 4.98. The Morgan fingerprint density at radius 1 is 1.08 bits per heavy atom. The van der Waals surface area contributed by atoms with Gasteiger partial charge in [0.1, 0.15) is 0 Å². The smallest absolute Gasteiger partial charge is 0.269 e. The molecule has 134 valence electrons. The summed E-state index contributed by atoms with van der Waals surface area (Å²) in [5, 5.41) is 10.7. The van der Waals surface area contributed by atoms with Gasteiger partial charge in [0.15, 0.2) is 0 Å². The fourth-order valence-electron chi connectivity index (χ4n) is 4.98. The number of piperazine rings is 1. The normalized spacial score (nSPS) is 28.4. The molecule has 3 fully saturated rings. The first-order valence-electron chi connectivity index (χ1n) is 9.37. The van der Waals surface area contributed by atoms with Crippen LogP contribution in [0.15, 0.2) is 24.3 Å². The Labute approximate surface area is 147 Å². The van der Waals surface area contributed by atoms with Crippen LogP contribution >= 0.6 is 0 Å². The number of nitro groups is 1. The zero-order chi connectivity index (χ0) is 17.4. The Kier molecular flexibility index (Phi) is 4.36. The van der Waals surface area contributed by atoms with Gasteiger partial charge in [0.25, 0.3) is 5.69 Å². The molecule has 6 heteroatoms. The van der Waals surface area contributed by atoms with E-state index in [0.717, 1.165) is 50.1 Å². The lowest BCUT2D eigenvalue weighted by atomic mass is 9.86. The zero-order valence-electron chi connectivity index (χ0n) is 14.5. The highest BCUT2D eigenvalue weighted by molar-refractivity contribution is 5.77. The van der Waals surface area contributed by atoms with Gasteiger partial charge in [-0.05, 0) is 49.1 Å². The first kappa shape index (κ1) is 16.4. The molecular formula is C19H25N3O3. The largest absolute Gasteiger partial charge is 0.368 e. The van der Waals surface area contributed by atoms with Crippen molar-refractivity contribution in [3.05, 3.63) is 34.4 Å². The Morgan fingerprint density at radius 2 is 1.80 bits per heavy atom. The molecule has 4 rings (SSSR count). The maximum Gasteiger partial charge on any atom is 0.269 e. The topological polar surface area (TPSA) is 66.7 Å². The van der Waals surface area contributed by atoms with Crippen LogP contribution in [0.25, 0.3) is 0 Å². The molecule has 2 saturated carbocycles. The predicted octanol–water partition coefficient (Wildman–Crippen LogP) is 3.07. The Morgan fingerprint density at radius 3 is 2.36 bits per heavy atom. The summed E-state index contributed by atoms with van der Waals surface area (Å²) in [5.74, 6) is 2.64. The maximum absolute atomic E-state index is 12.6. The molecule has 1 amide bonds. The van der Waals surface area contributed by atoms with Gasteiger partial charge < -0.3 is 9.80 Å². The number of non-ortho nitro benzene ring substituents is 1. The van der Waals surface area contributed by atoms with Gasteiger partial charge in [0.05, 0.1) is 4.92 Å². The third kappa shape index (κ3) is 3.34. The van der Waals surface area contributed by atoms with Gasteiger partial charge in [-0.25, -0.2) is 0 Å². The highest BCUT2D eigenvalue weighted by Crippen LogP contribution is 2.49. The summed E-state index contributed by atoms with van der Waals surface area (Å²) in [6.07, 6.45) is 6.06. The Hall–Kier alpha value is -2.11. The van der Waals surface area contributed by atoms with Crippen molar-refractivity contribution in [1.82, 2.24) is 4.90 Å². The van der Waals surface area contributed by atoms with Crippen LogP contribution in [-0.4, -0.2) is 41.9 Å². The van der Waals surface area contributed by atoms with E-state index in [2.05, 4.69) is 4.90 Å². The van der Waals surface area contributed by atoms with E-state index in [1.165, 1.54) is 25.7 Å². The number of carbonyl (C=O) groups excluding carboxylic acids is 1. The SMILES string of the molecule is O=C(C[C@H]1C[C@H]2CC[C@@H]1C2)N1CCN(c2ccc([N+](=O)[O-])cc2)CC1. The fraction of sp³-hybridized carbons (Fsp3) is 0.632. The summed E-state index contributed by atoms with van der Waals surface area (Å²) in [5.41, 5.74) is 1.11. The second kappa shape index (κ2) is 6.65. The molecular weight excluding hydrogens is 318 g/mol. The summed E-state index contributed by atoms with van der Waals surface area (Å²) in [6.45, 7) is 3.08. The van der Waals surface area contributed by atoms with E-state index in [9.17, 15) is 14.9 Å². The van der Waals surface area contributed by atoms with E-state index in [1.807, 2.05) is 4.90 Å². The van der Waals surface area contributed by atoms with Gasteiger partial charge in [-0.3, -0.25) is 14.9 Å². The van der Waals surface area contributed by atoms with Gasteiger partial charge in [0, 0.05) is 50.4 Å². The van der Waals surface area contributed by atoms with Crippen LogP contribution in [0.5, 0.6) is 0 Å². The van der Waals surface area contributed by atoms with Crippen molar-refractivity contribution >= 4 is 17.3 Å². The lowest BCUT2D eigenvalue weighted by Gasteiger charge is -2.37. The minimum atomic E-state index is -0.379. The maximum atomic E-state index is 12.6. The van der Waals surface area contributed by atoms with Crippen LogP contribution < -0.4 is 4.90 Å². The monoisotopic (exact) mass is 343 g/mol. The molecule has 6 nitrogen and oxygen atoms in total. The molecule has 1 heterocycles. The number of anilines is 1. The zero-order valence-corrected chi connectivity index (χ0v) is 14.5. The third-order valence-corrected chi connectivity index (χ3v) is 6.38. The molecule has 2 bridgehead atoms. The van der Waals surface area contributed by atoms with E-state index in [4.69, 9.17) is 0 Å². The van der Waals surface area contributed by atoms with E-state index < -0.39 is 0 Å². The number of carbonyl (C=O) groups is 1. The standard InChI is InChI=1S/C19H25N3O3/c23-19(13-16-12-14-1-2-15(16)11-14)21-9-7-20(8-10-21)17-3-5-18(6-4-17)22(24)25/h3-6,14-16H,1-2,7-13H2/t14-,15+,16+/m0/s1. The molecule has 3 atom stereocenters. The van der Waals surface area contributed by atoms with Crippen molar-refractivity contribution in [2.75, 3.05) is 31.1 Å². The van der Waals surface area contributed by atoms with Gasteiger partial charge in [-0.1, -0.05) is 6.42 Å². The molecule has 0 N–H and O–H groups in total. The van der Waals surface area contributed by atoms with Crippen LogP contribution in [0, 0.1) is 27.9 Å². The number of nitrogens with zero attached hydrogens (tertiary/aromatic N) is 3. The molecule has 1 aliphatic heterocycles. The van der Waals surface area contributed by atoms with Crippen molar-refractivity contribution in [2.45, 2.75) is 32.1 Å². The number of hydrogen-bond donors (Lipinski definition) is 0. The number of hydrogen-bond acceptors (Lipinski definition) is 4. The van der Waals surface area contributed by atoms with Crippen LogP contribution in [0.4, 0.5) is 11.4 Å². The van der Waals surface area contributed by atoms with Gasteiger partial charge >= 0.3 is 0 Å². The summed E-state index contributed by atoms with van der Waals surface area (Å²) >= 11 is 0. The van der Waals surface area contributed by atoms with E-state index >= 15 is 0 Å². The molecule has 0 spiro atoms. The molecule has 1 saturated heterocycles. The van der Waals surface area contributed by atoms with Crippen molar-refractivity contribution in [2.24, 2.45) is 17.8 Å². The van der Waals surface area contributed by atoms with Crippen LogP contribution in [0.2, 0.25) is 0 Å². The van der Waals surface area contributed by atoms with Crippen molar-refractivity contribution in [1.29, 1.82) is 0 Å². The third-order valence-electron chi connectivity index (χ3n) is 6.38. The summed E-state index contributed by atoms with van der Waals surface area (Å²) in [6, 6.07) is 6.68. The second-order valence-electron chi connectivity index (χ2n) is 7.78. The molecule has 1 aromatic rings. The van der Waals surface area contributed by atoms with Gasteiger partial charge in [-0.15, -0.1) is 0 Å². The molecule has 0 unspecified atom stereocenters. The number of amides is 1. The molecule has 25 heavy (non-hydrogen) atoms. The lowest BCUT2D eigenvalue weighted by Crippen LogP contribution is -2.49. The summed E-state index contributed by atoms with van der Waals surface area (Å²) < 4.78 is 0. The second-order valence-corrected chi connectivity index (χ2v) is 7.78. The molecule has 2 aliphatic carbocycles. The van der Waals surface area contributed by atoms with E-state index in [1.54, 1.807) is 24.3 Å². The Balaban J connectivity index is 1.29. The lowest BCUT2D eigenvalue weighted by molar-refractivity contribution is -0.384. The number of fused-ring (bicyclic) bond motifs is 2. The first-order valence-corrected chi connectivity index (χ1v) is 9.37. The molecule has 0 aromatic heterocycles. The minimum Gasteiger partial charge on any atom is -0.368 e. The first-order chi connectivity index (χ1) is 12.1. The van der Waals surface area contributed by atoms with E-state index in [-0.39, 0.29) is 10.6 Å². The number of benzene rings is 1. The quantitative estimate of drug-likeness (QED) is 0.622. The minimum absolute atomic E-state index is 0.114. The Bertz CT molecular complexity index is 652. The highest BCUT2D eigenvalue weighted by Gasteiger charge is 2.40. The summed E-state index contributed by atoms with van der Waals surface area (Å²) in [4.78, 5) is 27.2. The van der Waals surface area contributed by atoms with Crippen LogP contribution in [0.3, 0.4) is 0 Å².